The first kappa shape index (κ1) is 14.6. The molecule has 1 aliphatic heterocycles. The van der Waals surface area contributed by atoms with Crippen LogP contribution in [0.1, 0.15) is 18.7 Å². The van der Waals surface area contributed by atoms with E-state index in [0.717, 1.165) is 19.4 Å². The summed E-state index contributed by atoms with van der Waals surface area (Å²) < 4.78 is 26.1. The molecule has 9 heteroatoms. The standard InChI is InChI=1S/C14H14FN5O2S/c15-9-3-4-12-11(6-9)16-13(22-12)8-23-14-17-18-19-20(14)7-10-2-1-5-21-10/h3-4,6,10H,1-2,5,7-8H2. The van der Waals surface area contributed by atoms with Crippen molar-refractivity contribution < 1.29 is 13.5 Å². The molecule has 1 fully saturated rings. The zero-order chi connectivity index (χ0) is 15.6. The molecule has 1 atom stereocenters. The fourth-order valence-electron chi connectivity index (χ4n) is 2.53. The Kier molecular flexibility index (Phi) is 3.96. The smallest absolute Gasteiger partial charge is 0.209 e. The molecule has 0 radical (unpaired) electrons. The van der Waals surface area contributed by atoms with Crippen LogP contribution in [0.5, 0.6) is 0 Å². The van der Waals surface area contributed by atoms with Crippen molar-refractivity contribution in [1.82, 2.24) is 25.2 Å². The van der Waals surface area contributed by atoms with E-state index >= 15 is 0 Å². The predicted molar refractivity (Wildman–Crippen MR) is 80.3 cm³/mol. The van der Waals surface area contributed by atoms with E-state index in [1.807, 2.05) is 0 Å². The average molecular weight is 335 g/mol. The van der Waals surface area contributed by atoms with Crippen molar-refractivity contribution in [2.45, 2.75) is 36.4 Å². The van der Waals surface area contributed by atoms with Gasteiger partial charge in [0.1, 0.15) is 11.3 Å². The highest BCUT2D eigenvalue weighted by Gasteiger charge is 2.19. The van der Waals surface area contributed by atoms with Crippen LogP contribution in [-0.2, 0) is 17.0 Å². The molecule has 7 nitrogen and oxygen atoms in total. The molecular formula is C14H14FN5O2S. The quantitative estimate of drug-likeness (QED) is 0.663. The van der Waals surface area contributed by atoms with E-state index in [9.17, 15) is 4.39 Å². The molecule has 1 unspecified atom stereocenters. The number of thioether (sulfide) groups is 1. The number of nitrogens with zero attached hydrogens (tertiary/aromatic N) is 5. The highest BCUT2D eigenvalue weighted by Crippen LogP contribution is 2.24. The zero-order valence-electron chi connectivity index (χ0n) is 12.2. The van der Waals surface area contributed by atoms with Gasteiger partial charge in [0, 0.05) is 12.7 Å². The first-order valence-electron chi connectivity index (χ1n) is 7.33. The summed E-state index contributed by atoms with van der Waals surface area (Å²) in [5.41, 5.74) is 1.08. The largest absolute Gasteiger partial charge is 0.440 e. The summed E-state index contributed by atoms with van der Waals surface area (Å²) in [6.45, 7) is 1.45. The summed E-state index contributed by atoms with van der Waals surface area (Å²) in [6.07, 6.45) is 2.28. The van der Waals surface area contributed by atoms with E-state index in [4.69, 9.17) is 9.15 Å². The van der Waals surface area contributed by atoms with Gasteiger partial charge in [0.05, 0.1) is 18.4 Å². The minimum atomic E-state index is -0.328. The lowest BCUT2D eigenvalue weighted by Crippen LogP contribution is -2.16. The van der Waals surface area contributed by atoms with Crippen LogP contribution in [0, 0.1) is 5.82 Å². The van der Waals surface area contributed by atoms with Crippen molar-refractivity contribution in [2.75, 3.05) is 6.61 Å². The van der Waals surface area contributed by atoms with E-state index in [1.54, 1.807) is 10.7 Å². The summed E-state index contributed by atoms with van der Waals surface area (Å²) >= 11 is 1.43. The number of oxazole rings is 1. The number of rotatable bonds is 5. The van der Waals surface area contributed by atoms with E-state index in [2.05, 4.69) is 20.5 Å². The SMILES string of the molecule is Fc1ccc2oc(CSc3nnnn3CC3CCCO3)nc2c1. The van der Waals surface area contributed by atoms with Gasteiger partial charge >= 0.3 is 0 Å². The van der Waals surface area contributed by atoms with Crippen molar-refractivity contribution in [3.63, 3.8) is 0 Å². The lowest BCUT2D eigenvalue weighted by Gasteiger charge is -2.09. The van der Waals surface area contributed by atoms with Crippen LogP contribution in [-0.4, -0.2) is 37.9 Å². The van der Waals surface area contributed by atoms with Gasteiger partial charge in [-0.25, -0.2) is 14.1 Å². The van der Waals surface area contributed by atoms with Crippen LogP contribution in [0.2, 0.25) is 0 Å². The average Bonchev–Trinajstić information content (AvgIpc) is 3.26. The van der Waals surface area contributed by atoms with Crippen molar-refractivity contribution in [3.8, 4) is 0 Å². The first-order chi connectivity index (χ1) is 11.3. The van der Waals surface area contributed by atoms with Crippen LogP contribution >= 0.6 is 11.8 Å². The van der Waals surface area contributed by atoms with Gasteiger partial charge in [-0.15, -0.1) is 5.10 Å². The highest BCUT2D eigenvalue weighted by molar-refractivity contribution is 7.98. The molecule has 1 aliphatic rings. The summed E-state index contributed by atoms with van der Waals surface area (Å²) in [5, 5.41) is 12.4. The molecule has 120 valence electrons. The third-order valence-electron chi connectivity index (χ3n) is 3.62. The highest BCUT2D eigenvalue weighted by atomic mass is 32.2. The maximum atomic E-state index is 13.2. The maximum absolute atomic E-state index is 13.2. The van der Waals surface area contributed by atoms with Crippen molar-refractivity contribution >= 4 is 22.9 Å². The molecule has 3 heterocycles. The summed E-state index contributed by atoms with van der Waals surface area (Å²) in [7, 11) is 0. The van der Waals surface area contributed by atoms with E-state index in [-0.39, 0.29) is 11.9 Å². The van der Waals surface area contributed by atoms with Gasteiger partial charge in [-0.1, -0.05) is 11.8 Å². The fourth-order valence-corrected chi connectivity index (χ4v) is 3.26. The van der Waals surface area contributed by atoms with Crippen LogP contribution in [0.4, 0.5) is 4.39 Å². The number of hydrogen-bond donors (Lipinski definition) is 0. The van der Waals surface area contributed by atoms with Gasteiger partial charge in [-0.05, 0) is 35.4 Å². The third kappa shape index (κ3) is 3.20. The fraction of sp³-hybridized carbons (Fsp3) is 0.429. The number of ether oxygens (including phenoxy) is 1. The molecule has 0 amide bonds. The van der Waals surface area contributed by atoms with Gasteiger partial charge in [0.15, 0.2) is 5.58 Å². The maximum Gasteiger partial charge on any atom is 0.209 e. The Morgan fingerprint density at radius 2 is 2.35 bits per heavy atom. The van der Waals surface area contributed by atoms with Crippen molar-refractivity contribution in [2.24, 2.45) is 0 Å². The minimum Gasteiger partial charge on any atom is -0.440 e. The van der Waals surface area contributed by atoms with Gasteiger partial charge in [-0.3, -0.25) is 0 Å². The molecule has 4 rings (SSSR count). The van der Waals surface area contributed by atoms with Crippen LogP contribution in [0.3, 0.4) is 0 Å². The second-order valence-electron chi connectivity index (χ2n) is 5.29. The lowest BCUT2D eigenvalue weighted by atomic mass is 10.2. The molecule has 0 aliphatic carbocycles. The zero-order valence-corrected chi connectivity index (χ0v) is 13.0. The van der Waals surface area contributed by atoms with Gasteiger partial charge in [0.25, 0.3) is 0 Å². The number of tetrazole rings is 1. The number of benzene rings is 1. The molecule has 1 saturated heterocycles. The van der Waals surface area contributed by atoms with Crippen molar-refractivity contribution in [3.05, 3.63) is 29.9 Å². The van der Waals surface area contributed by atoms with Crippen LogP contribution in [0.15, 0.2) is 27.8 Å². The Morgan fingerprint density at radius 3 is 3.22 bits per heavy atom. The molecule has 0 saturated carbocycles. The Labute approximate surface area is 135 Å². The number of hydrogen-bond acceptors (Lipinski definition) is 7. The van der Waals surface area contributed by atoms with Gasteiger partial charge < -0.3 is 9.15 Å². The topological polar surface area (TPSA) is 78.9 Å². The molecule has 0 spiro atoms. The van der Waals surface area contributed by atoms with Gasteiger partial charge in [-0.2, -0.15) is 0 Å². The second kappa shape index (κ2) is 6.25. The lowest BCUT2D eigenvalue weighted by molar-refractivity contribution is 0.0912. The predicted octanol–water partition coefficient (Wildman–Crippen LogP) is 2.42. The molecule has 23 heavy (non-hydrogen) atoms. The molecule has 3 aromatic rings. The van der Waals surface area contributed by atoms with Crippen molar-refractivity contribution in [1.29, 1.82) is 0 Å². The molecule has 1 aromatic carbocycles. The van der Waals surface area contributed by atoms with Gasteiger partial charge in [0.2, 0.25) is 11.0 Å². The number of halogens is 1. The molecule has 2 aromatic heterocycles. The molecule has 0 N–H and O–H groups in total. The Hall–Kier alpha value is -2.00. The summed E-state index contributed by atoms with van der Waals surface area (Å²) in [4.78, 5) is 4.28. The summed E-state index contributed by atoms with van der Waals surface area (Å²) in [5.74, 6) is 0.662. The van der Waals surface area contributed by atoms with E-state index in [1.165, 1.54) is 23.9 Å². The second-order valence-corrected chi connectivity index (χ2v) is 6.23. The molecular weight excluding hydrogens is 321 g/mol. The molecule has 0 bridgehead atoms. The Balaban J connectivity index is 1.44. The monoisotopic (exact) mass is 335 g/mol. The van der Waals surface area contributed by atoms with Crippen LogP contribution in [0.25, 0.3) is 11.1 Å². The summed E-state index contributed by atoms with van der Waals surface area (Å²) in [6, 6.07) is 4.29. The third-order valence-corrected chi connectivity index (χ3v) is 4.56. The van der Waals surface area contributed by atoms with Crippen LogP contribution < -0.4 is 0 Å². The number of aromatic nitrogens is 5. The Morgan fingerprint density at radius 1 is 1.39 bits per heavy atom. The Bertz CT molecular complexity index is 814. The van der Waals surface area contributed by atoms with E-state index in [0.29, 0.717) is 34.4 Å². The normalized spacial score (nSPS) is 18.0. The first-order valence-corrected chi connectivity index (χ1v) is 8.32. The number of fused-ring (bicyclic) bond motifs is 1. The minimum absolute atomic E-state index is 0.171. The van der Waals surface area contributed by atoms with E-state index < -0.39 is 0 Å².